The van der Waals surface area contributed by atoms with Crippen LogP contribution >= 0.6 is 22.9 Å². The van der Waals surface area contributed by atoms with Crippen molar-refractivity contribution in [3.8, 4) is 11.5 Å². The fourth-order valence-electron chi connectivity index (χ4n) is 3.97. The van der Waals surface area contributed by atoms with E-state index in [9.17, 15) is 14.7 Å². The number of halogens is 1. The maximum absolute atomic E-state index is 12.6. The van der Waals surface area contributed by atoms with Gasteiger partial charge in [0.15, 0.2) is 11.5 Å². The molecule has 1 amide bonds. The molecule has 0 saturated carbocycles. The van der Waals surface area contributed by atoms with Crippen LogP contribution < -0.4 is 9.47 Å². The molecule has 1 atom stereocenters. The van der Waals surface area contributed by atoms with Gasteiger partial charge < -0.3 is 19.5 Å². The van der Waals surface area contributed by atoms with Gasteiger partial charge in [0.05, 0.1) is 15.6 Å². The molecule has 154 valence electrons. The number of fused-ring (bicyclic) bond motifs is 1. The lowest BCUT2D eigenvalue weighted by molar-refractivity contribution is -0.123. The molecule has 0 spiro atoms. The molecule has 0 bridgehead atoms. The fourth-order valence-corrected chi connectivity index (χ4v) is 4.79. The second-order valence-electron chi connectivity index (χ2n) is 7.53. The van der Waals surface area contributed by atoms with Crippen molar-refractivity contribution in [1.82, 2.24) is 9.88 Å². The minimum Gasteiger partial charge on any atom is -0.478 e. The average Bonchev–Trinajstić information content (AvgIpc) is 3.28. The molecule has 4 rings (SSSR count). The van der Waals surface area contributed by atoms with Gasteiger partial charge in [0.25, 0.3) is 11.7 Å². The average molecular weight is 437 g/mol. The SMILES string of the molecule is Cc1nc(C(=O)N2CCC(C3(C)Oc4c(Cl)cc(C(=O)O)c(C)c4O3)CC2)cs1. The van der Waals surface area contributed by atoms with Crippen LogP contribution in [0.5, 0.6) is 11.5 Å². The molecule has 1 N–H and O–H groups in total. The summed E-state index contributed by atoms with van der Waals surface area (Å²) in [6.45, 7) is 6.56. The molecular weight excluding hydrogens is 416 g/mol. The predicted molar refractivity (Wildman–Crippen MR) is 108 cm³/mol. The van der Waals surface area contributed by atoms with E-state index in [4.69, 9.17) is 21.1 Å². The Kier molecular flexibility index (Phi) is 4.94. The van der Waals surface area contributed by atoms with Crippen molar-refractivity contribution >= 4 is 34.8 Å². The topological polar surface area (TPSA) is 89.0 Å². The second kappa shape index (κ2) is 7.18. The van der Waals surface area contributed by atoms with Crippen molar-refractivity contribution < 1.29 is 24.2 Å². The van der Waals surface area contributed by atoms with Crippen LogP contribution in [-0.4, -0.2) is 45.7 Å². The molecule has 1 unspecified atom stereocenters. The van der Waals surface area contributed by atoms with Crippen LogP contribution in [0.15, 0.2) is 11.4 Å². The Labute approximate surface area is 177 Å². The monoisotopic (exact) mass is 436 g/mol. The highest BCUT2D eigenvalue weighted by Gasteiger charge is 2.47. The van der Waals surface area contributed by atoms with Gasteiger partial charge in [-0.05, 0) is 32.8 Å². The van der Waals surface area contributed by atoms with Crippen LogP contribution in [0, 0.1) is 19.8 Å². The van der Waals surface area contributed by atoms with E-state index in [0.29, 0.717) is 48.7 Å². The van der Waals surface area contributed by atoms with Gasteiger partial charge in [-0.15, -0.1) is 11.3 Å². The zero-order chi connectivity index (χ0) is 20.9. The summed E-state index contributed by atoms with van der Waals surface area (Å²) in [5.41, 5.74) is 1.08. The number of thiazole rings is 1. The summed E-state index contributed by atoms with van der Waals surface area (Å²) in [7, 11) is 0. The molecule has 0 radical (unpaired) electrons. The van der Waals surface area contributed by atoms with Crippen LogP contribution in [0.3, 0.4) is 0 Å². The number of likely N-dealkylation sites (tertiary alicyclic amines) is 1. The molecular formula is C20H21ClN2O5S. The van der Waals surface area contributed by atoms with E-state index in [2.05, 4.69) is 4.98 Å². The van der Waals surface area contributed by atoms with Crippen molar-refractivity contribution in [3.05, 3.63) is 38.3 Å². The Hall–Kier alpha value is -2.32. The van der Waals surface area contributed by atoms with E-state index in [1.807, 2.05) is 13.8 Å². The van der Waals surface area contributed by atoms with E-state index in [-0.39, 0.29) is 22.4 Å². The molecule has 2 aromatic rings. The molecule has 9 heteroatoms. The van der Waals surface area contributed by atoms with Gasteiger partial charge in [0.2, 0.25) is 0 Å². The van der Waals surface area contributed by atoms with Gasteiger partial charge in [-0.2, -0.15) is 0 Å². The Morgan fingerprint density at radius 2 is 1.93 bits per heavy atom. The number of aromatic nitrogens is 1. The minimum atomic E-state index is -1.06. The number of carboxylic acids is 1. The van der Waals surface area contributed by atoms with E-state index in [1.165, 1.54) is 17.4 Å². The summed E-state index contributed by atoms with van der Waals surface area (Å²) in [5.74, 6) is -1.28. The Morgan fingerprint density at radius 3 is 2.52 bits per heavy atom. The van der Waals surface area contributed by atoms with Crippen molar-refractivity contribution in [2.45, 2.75) is 39.4 Å². The molecule has 2 aliphatic heterocycles. The highest BCUT2D eigenvalue weighted by Crippen LogP contribution is 2.51. The smallest absolute Gasteiger partial charge is 0.336 e. The third kappa shape index (κ3) is 3.44. The standard InChI is InChI=1S/C20H21ClN2O5S/c1-10-13(19(25)26)8-14(21)17-16(10)27-20(3,28-17)12-4-6-23(7-5-12)18(24)15-9-29-11(2)22-15/h8-9,12H,4-7H2,1-3H3,(H,25,26). The first-order chi connectivity index (χ1) is 13.7. The molecule has 1 aromatic carbocycles. The van der Waals surface area contributed by atoms with Gasteiger partial charge >= 0.3 is 5.97 Å². The normalized spacial score (nSPS) is 21.4. The quantitative estimate of drug-likeness (QED) is 0.777. The fraction of sp³-hybridized carbons (Fsp3) is 0.450. The molecule has 2 aliphatic rings. The van der Waals surface area contributed by atoms with Crippen LogP contribution in [0.1, 0.15) is 51.2 Å². The number of benzene rings is 1. The maximum atomic E-state index is 12.6. The first-order valence-corrected chi connectivity index (χ1v) is 10.6. The number of carboxylic acid groups (broad SMARTS) is 1. The summed E-state index contributed by atoms with van der Waals surface area (Å²) in [5, 5.41) is 12.3. The zero-order valence-electron chi connectivity index (χ0n) is 16.3. The van der Waals surface area contributed by atoms with Gasteiger partial charge in [0.1, 0.15) is 5.69 Å². The number of nitrogens with zero attached hydrogens (tertiary/aromatic N) is 2. The zero-order valence-corrected chi connectivity index (χ0v) is 17.9. The van der Waals surface area contributed by atoms with Crippen molar-refractivity contribution in [3.63, 3.8) is 0 Å². The number of aromatic carboxylic acids is 1. The number of carbonyl (C=O) groups excluding carboxylic acids is 1. The van der Waals surface area contributed by atoms with Gasteiger partial charge in [-0.1, -0.05) is 11.6 Å². The molecule has 7 nitrogen and oxygen atoms in total. The largest absolute Gasteiger partial charge is 0.478 e. The Balaban J connectivity index is 1.49. The number of ether oxygens (including phenoxy) is 2. The summed E-state index contributed by atoms with van der Waals surface area (Å²) < 4.78 is 12.2. The lowest BCUT2D eigenvalue weighted by Gasteiger charge is -2.38. The molecule has 0 aliphatic carbocycles. The molecule has 1 aromatic heterocycles. The van der Waals surface area contributed by atoms with Crippen molar-refractivity contribution in [2.24, 2.45) is 5.92 Å². The first-order valence-electron chi connectivity index (χ1n) is 9.35. The minimum absolute atomic E-state index is 0.0277. The number of hydrogen-bond acceptors (Lipinski definition) is 6. The number of piperidine rings is 1. The van der Waals surface area contributed by atoms with E-state index < -0.39 is 11.8 Å². The molecule has 1 saturated heterocycles. The number of carbonyl (C=O) groups is 2. The first kappa shape index (κ1) is 20.0. The number of rotatable bonds is 3. The van der Waals surface area contributed by atoms with Crippen LogP contribution in [0.2, 0.25) is 5.02 Å². The predicted octanol–water partition coefficient (Wildman–Crippen LogP) is 4.15. The Morgan fingerprint density at radius 1 is 1.28 bits per heavy atom. The number of aryl methyl sites for hydroxylation is 1. The highest BCUT2D eigenvalue weighted by atomic mass is 35.5. The van der Waals surface area contributed by atoms with E-state index in [0.717, 1.165) is 5.01 Å². The molecule has 3 heterocycles. The number of hydrogen-bond donors (Lipinski definition) is 1. The van der Waals surface area contributed by atoms with Gasteiger partial charge in [-0.3, -0.25) is 4.79 Å². The van der Waals surface area contributed by atoms with Crippen molar-refractivity contribution in [1.29, 1.82) is 0 Å². The van der Waals surface area contributed by atoms with Crippen LogP contribution in [-0.2, 0) is 0 Å². The van der Waals surface area contributed by atoms with Gasteiger partial charge in [-0.25, -0.2) is 9.78 Å². The number of amides is 1. The van der Waals surface area contributed by atoms with Gasteiger partial charge in [0, 0.05) is 36.9 Å². The maximum Gasteiger partial charge on any atom is 0.336 e. The summed E-state index contributed by atoms with van der Waals surface area (Å²) in [4.78, 5) is 30.2. The van der Waals surface area contributed by atoms with E-state index in [1.54, 1.807) is 17.2 Å². The van der Waals surface area contributed by atoms with Crippen LogP contribution in [0.4, 0.5) is 0 Å². The summed E-state index contributed by atoms with van der Waals surface area (Å²) in [6, 6.07) is 1.39. The summed E-state index contributed by atoms with van der Waals surface area (Å²) in [6.07, 6.45) is 1.39. The lowest BCUT2D eigenvalue weighted by Crippen LogP contribution is -2.49. The highest BCUT2D eigenvalue weighted by molar-refractivity contribution is 7.09. The Bertz CT molecular complexity index is 999. The lowest BCUT2D eigenvalue weighted by atomic mass is 9.89. The van der Waals surface area contributed by atoms with Crippen LogP contribution in [0.25, 0.3) is 0 Å². The van der Waals surface area contributed by atoms with E-state index >= 15 is 0 Å². The third-order valence-corrected chi connectivity index (χ3v) is 6.69. The third-order valence-electron chi connectivity index (χ3n) is 5.64. The second-order valence-corrected chi connectivity index (χ2v) is 9.00. The van der Waals surface area contributed by atoms with Crippen molar-refractivity contribution in [2.75, 3.05) is 13.1 Å². The summed E-state index contributed by atoms with van der Waals surface area (Å²) >= 11 is 7.73. The molecule has 29 heavy (non-hydrogen) atoms. The molecule has 1 fully saturated rings.